The molecule has 0 aliphatic carbocycles. The SMILES string of the molecule is CNc1nc(Nc2cnn(C[C@@H](C)OC(F)F)c2C)ncc1C(F)(F)F. The van der Waals surface area contributed by atoms with E-state index in [1.165, 1.54) is 24.9 Å². The second-order valence-electron chi connectivity index (χ2n) is 5.36. The van der Waals surface area contributed by atoms with E-state index in [2.05, 4.69) is 30.4 Å². The van der Waals surface area contributed by atoms with Crippen LogP contribution in [0.4, 0.5) is 39.4 Å². The molecule has 0 saturated carbocycles. The van der Waals surface area contributed by atoms with Crippen molar-refractivity contribution in [3.63, 3.8) is 0 Å². The molecule has 144 valence electrons. The van der Waals surface area contributed by atoms with E-state index >= 15 is 0 Å². The van der Waals surface area contributed by atoms with Crippen molar-refractivity contribution in [2.24, 2.45) is 0 Å². The van der Waals surface area contributed by atoms with Crippen molar-refractivity contribution < 1.29 is 26.7 Å². The van der Waals surface area contributed by atoms with E-state index in [4.69, 9.17) is 0 Å². The number of hydrogen-bond acceptors (Lipinski definition) is 6. The first-order valence-corrected chi connectivity index (χ1v) is 7.46. The fourth-order valence-corrected chi connectivity index (χ4v) is 2.18. The predicted octanol–water partition coefficient (Wildman–Crippen LogP) is 3.41. The zero-order valence-electron chi connectivity index (χ0n) is 14.1. The molecule has 0 amide bonds. The molecule has 2 aromatic heterocycles. The van der Waals surface area contributed by atoms with Crippen molar-refractivity contribution in [3.8, 4) is 0 Å². The number of hydrogen-bond donors (Lipinski definition) is 2. The largest absolute Gasteiger partial charge is 0.421 e. The second-order valence-corrected chi connectivity index (χ2v) is 5.36. The maximum absolute atomic E-state index is 12.9. The van der Waals surface area contributed by atoms with Gasteiger partial charge in [-0.15, -0.1) is 0 Å². The minimum Gasteiger partial charge on any atom is -0.372 e. The minimum absolute atomic E-state index is 0.0677. The Bertz CT molecular complexity index is 748. The molecule has 1 atom stereocenters. The van der Waals surface area contributed by atoms with E-state index in [1.54, 1.807) is 6.92 Å². The van der Waals surface area contributed by atoms with E-state index < -0.39 is 24.5 Å². The van der Waals surface area contributed by atoms with Gasteiger partial charge in [0.2, 0.25) is 5.95 Å². The van der Waals surface area contributed by atoms with Crippen molar-refractivity contribution in [1.82, 2.24) is 19.7 Å². The molecule has 7 nitrogen and oxygen atoms in total. The molecule has 0 aliphatic heterocycles. The third kappa shape index (κ3) is 4.77. The molecule has 2 heterocycles. The summed E-state index contributed by atoms with van der Waals surface area (Å²) >= 11 is 0. The molecular weight excluding hydrogens is 363 g/mol. The number of ether oxygens (including phenoxy) is 1. The fourth-order valence-electron chi connectivity index (χ4n) is 2.18. The molecule has 0 fully saturated rings. The van der Waals surface area contributed by atoms with Gasteiger partial charge in [0, 0.05) is 13.2 Å². The Balaban J connectivity index is 2.17. The molecule has 0 radical (unpaired) electrons. The highest BCUT2D eigenvalue weighted by Gasteiger charge is 2.35. The number of halogens is 5. The maximum atomic E-state index is 12.9. The summed E-state index contributed by atoms with van der Waals surface area (Å²) in [5.41, 5.74) is -0.00350. The average molecular weight is 380 g/mol. The van der Waals surface area contributed by atoms with Crippen molar-refractivity contribution in [3.05, 3.63) is 23.7 Å². The predicted molar refractivity (Wildman–Crippen MR) is 83.4 cm³/mol. The van der Waals surface area contributed by atoms with Crippen molar-refractivity contribution in [2.45, 2.75) is 39.3 Å². The van der Waals surface area contributed by atoms with E-state index in [-0.39, 0.29) is 18.3 Å². The molecule has 12 heteroatoms. The van der Waals surface area contributed by atoms with Gasteiger partial charge in [-0.2, -0.15) is 32.0 Å². The monoisotopic (exact) mass is 380 g/mol. The molecule has 2 aromatic rings. The van der Waals surface area contributed by atoms with Crippen LogP contribution in [0.15, 0.2) is 12.4 Å². The zero-order chi connectivity index (χ0) is 19.5. The van der Waals surface area contributed by atoms with Gasteiger partial charge in [-0.1, -0.05) is 0 Å². The zero-order valence-corrected chi connectivity index (χ0v) is 14.1. The number of alkyl halides is 5. The first-order chi connectivity index (χ1) is 12.1. The summed E-state index contributed by atoms with van der Waals surface area (Å²) in [6.07, 6.45) is -3.30. The van der Waals surface area contributed by atoms with Crippen molar-refractivity contribution in [1.29, 1.82) is 0 Å². The van der Waals surface area contributed by atoms with E-state index in [0.29, 0.717) is 17.6 Å². The Hall–Kier alpha value is -2.50. The number of anilines is 3. The molecule has 0 saturated heterocycles. The molecule has 0 aliphatic rings. The Morgan fingerprint density at radius 2 is 1.96 bits per heavy atom. The van der Waals surface area contributed by atoms with Crippen LogP contribution in [0.2, 0.25) is 0 Å². The van der Waals surface area contributed by atoms with Crippen LogP contribution in [0.5, 0.6) is 0 Å². The molecule has 0 aromatic carbocycles. The first-order valence-electron chi connectivity index (χ1n) is 7.46. The lowest BCUT2D eigenvalue weighted by atomic mass is 10.3. The molecule has 0 bridgehead atoms. The average Bonchev–Trinajstić information content (AvgIpc) is 2.86. The highest BCUT2D eigenvalue weighted by molar-refractivity contribution is 5.57. The van der Waals surface area contributed by atoms with Crippen molar-refractivity contribution in [2.75, 3.05) is 17.7 Å². The summed E-state index contributed by atoms with van der Waals surface area (Å²) < 4.78 is 68.8. The standard InChI is InChI=1S/C14H17F5N6O/c1-7(26-12(15)16)6-25-8(2)10(5-22-25)23-13-21-4-9(14(17,18)19)11(20-3)24-13/h4-5,7,12H,6H2,1-3H3,(H2,20,21,23,24)/t7-/m1/s1. The van der Waals surface area contributed by atoms with E-state index in [0.717, 1.165) is 0 Å². The lowest BCUT2D eigenvalue weighted by Gasteiger charge is -2.14. The highest BCUT2D eigenvalue weighted by Crippen LogP contribution is 2.33. The van der Waals surface area contributed by atoms with Gasteiger partial charge in [-0.25, -0.2) is 4.98 Å². The molecule has 26 heavy (non-hydrogen) atoms. The third-order valence-corrected chi connectivity index (χ3v) is 3.45. The van der Waals surface area contributed by atoms with Crippen LogP contribution >= 0.6 is 0 Å². The first kappa shape index (κ1) is 19.8. The molecule has 2 rings (SSSR count). The Kier molecular flexibility index (Phi) is 5.95. The second kappa shape index (κ2) is 7.81. The Labute approximate surface area is 145 Å². The van der Waals surface area contributed by atoms with Crippen LogP contribution in [0.1, 0.15) is 18.2 Å². The topological polar surface area (TPSA) is 76.9 Å². The van der Waals surface area contributed by atoms with Gasteiger partial charge in [0.15, 0.2) is 0 Å². The summed E-state index contributed by atoms with van der Waals surface area (Å²) in [6, 6.07) is 0. The van der Waals surface area contributed by atoms with Crippen LogP contribution in [-0.2, 0) is 17.5 Å². The van der Waals surface area contributed by atoms with Gasteiger partial charge in [-0.05, 0) is 13.8 Å². The maximum Gasteiger partial charge on any atom is 0.421 e. The van der Waals surface area contributed by atoms with Gasteiger partial charge in [0.1, 0.15) is 11.4 Å². The summed E-state index contributed by atoms with van der Waals surface area (Å²) in [6.45, 7) is 0.318. The van der Waals surface area contributed by atoms with Gasteiger partial charge in [0.25, 0.3) is 0 Å². The highest BCUT2D eigenvalue weighted by atomic mass is 19.4. The lowest BCUT2D eigenvalue weighted by molar-refractivity contribution is -0.161. The van der Waals surface area contributed by atoms with Gasteiger partial charge >= 0.3 is 12.8 Å². The fraction of sp³-hybridized carbons (Fsp3) is 0.500. The molecular formula is C14H17F5N6O. The normalized spacial score (nSPS) is 13.1. The summed E-state index contributed by atoms with van der Waals surface area (Å²) in [5.74, 6) is -0.444. The van der Waals surface area contributed by atoms with E-state index in [1.807, 2.05) is 0 Å². The van der Waals surface area contributed by atoms with Gasteiger partial charge < -0.3 is 15.4 Å². The van der Waals surface area contributed by atoms with Crippen LogP contribution in [-0.4, -0.2) is 39.5 Å². The molecule has 0 spiro atoms. The Morgan fingerprint density at radius 1 is 1.27 bits per heavy atom. The smallest absolute Gasteiger partial charge is 0.372 e. The van der Waals surface area contributed by atoms with Gasteiger partial charge in [-0.3, -0.25) is 4.68 Å². The quantitative estimate of drug-likeness (QED) is 0.717. The number of aromatic nitrogens is 4. The minimum atomic E-state index is -4.58. The van der Waals surface area contributed by atoms with Crippen LogP contribution < -0.4 is 10.6 Å². The summed E-state index contributed by atoms with van der Waals surface area (Å²) in [4.78, 5) is 7.45. The third-order valence-electron chi connectivity index (χ3n) is 3.45. The summed E-state index contributed by atoms with van der Waals surface area (Å²) in [7, 11) is 1.31. The van der Waals surface area contributed by atoms with Crippen LogP contribution in [0.25, 0.3) is 0 Å². The van der Waals surface area contributed by atoms with Crippen molar-refractivity contribution >= 4 is 17.5 Å². The Morgan fingerprint density at radius 3 is 2.54 bits per heavy atom. The van der Waals surface area contributed by atoms with Gasteiger partial charge in [0.05, 0.1) is 30.2 Å². The lowest BCUT2D eigenvalue weighted by Crippen LogP contribution is -2.20. The number of nitrogens with zero attached hydrogens (tertiary/aromatic N) is 4. The van der Waals surface area contributed by atoms with E-state index in [9.17, 15) is 22.0 Å². The molecule has 0 unspecified atom stereocenters. The van der Waals surface area contributed by atoms with Crippen LogP contribution in [0.3, 0.4) is 0 Å². The summed E-state index contributed by atoms with van der Waals surface area (Å²) in [5, 5.41) is 9.17. The van der Waals surface area contributed by atoms with Crippen LogP contribution in [0, 0.1) is 6.92 Å². The molecule has 2 N–H and O–H groups in total. The number of rotatable bonds is 7. The number of nitrogens with one attached hydrogen (secondary N) is 2.